The minimum absolute atomic E-state index is 0.0639. The molecule has 50 heavy (non-hydrogen) atoms. The van der Waals surface area contributed by atoms with Crippen LogP contribution >= 0.6 is 0 Å². The van der Waals surface area contributed by atoms with Gasteiger partial charge in [-0.1, -0.05) is 18.2 Å². The number of nitrogens with two attached hydrogens (primary N) is 1. The van der Waals surface area contributed by atoms with Crippen molar-refractivity contribution in [1.29, 1.82) is 0 Å². The second-order valence-electron chi connectivity index (χ2n) is 10.3. The fourth-order valence-electron chi connectivity index (χ4n) is 4.61. The Morgan fingerprint density at radius 3 is 1.68 bits per heavy atom. The quantitative estimate of drug-likeness (QED) is 0.0465. The van der Waals surface area contributed by atoms with E-state index in [2.05, 4.69) is 30.7 Å². The Morgan fingerprint density at radius 1 is 0.640 bits per heavy atom. The van der Waals surface area contributed by atoms with Crippen LogP contribution in [0.5, 0.6) is 11.5 Å². The first-order valence-electron chi connectivity index (χ1n) is 14.1. The summed E-state index contributed by atoms with van der Waals surface area (Å²) >= 11 is 0. The predicted octanol–water partition coefficient (Wildman–Crippen LogP) is 6.86. The van der Waals surface area contributed by atoms with Gasteiger partial charge in [0.25, 0.3) is 20.2 Å². The molecule has 0 aromatic heterocycles. The fraction of sp³-hybridized carbons (Fsp3) is 0.0968. The monoisotopic (exact) mass is 721 g/mol. The van der Waals surface area contributed by atoms with Crippen LogP contribution in [0.15, 0.2) is 119 Å². The highest BCUT2D eigenvalue weighted by molar-refractivity contribution is 7.87. The molecule has 0 aliphatic rings. The number of fused-ring (bicyclic) bond motifs is 1. The molecule has 0 unspecified atom stereocenters. The summed E-state index contributed by atoms with van der Waals surface area (Å²) < 4.78 is 72.4. The third-order valence-electron chi connectivity index (χ3n) is 7.11. The number of hydrogen-bond acceptors (Lipinski definition) is 15. The number of aromatic hydroxyl groups is 1. The maximum atomic E-state index is 12.0. The number of anilines is 1. The number of aliphatic hydroxyl groups excluding tert-OH is 2. The molecule has 0 radical (unpaired) electrons. The van der Waals surface area contributed by atoms with Crippen LogP contribution in [0.1, 0.15) is 11.1 Å². The van der Waals surface area contributed by atoms with Crippen molar-refractivity contribution < 1.29 is 46.0 Å². The number of nitrogen functional groups attached to an aromatic ring is 1. The Kier molecular flexibility index (Phi) is 10.3. The zero-order valence-corrected chi connectivity index (χ0v) is 27.4. The van der Waals surface area contributed by atoms with Crippen LogP contribution in [0.2, 0.25) is 0 Å². The second-order valence-corrected chi connectivity index (χ2v) is 13.1. The molecule has 0 saturated carbocycles. The third-order valence-corrected chi connectivity index (χ3v) is 8.90. The van der Waals surface area contributed by atoms with Gasteiger partial charge in [-0.2, -0.15) is 37.3 Å². The lowest BCUT2D eigenvalue weighted by atomic mass is 10.1. The molecule has 17 nitrogen and oxygen atoms in total. The molecule has 0 spiro atoms. The van der Waals surface area contributed by atoms with Crippen molar-refractivity contribution in [2.45, 2.75) is 23.0 Å². The van der Waals surface area contributed by atoms with Crippen LogP contribution in [0.25, 0.3) is 10.8 Å². The van der Waals surface area contributed by atoms with Crippen molar-refractivity contribution >= 4 is 70.8 Å². The second kappa shape index (κ2) is 14.4. The van der Waals surface area contributed by atoms with E-state index in [0.717, 1.165) is 17.7 Å². The number of hydrogen-bond donors (Lipinski definition) is 6. The number of methoxy groups -OCH3 is 1. The largest absolute Gasteiger partial charge is 0.505 e. The molecule has 0 amide bonds. The summed E-state index contributed by atoms with van der Waals surface area (Å²) in [7, 11) is -8.79. The fourth-order valence-corrected chi connectivity index (χ4v) is 6.05. The molecule has 0 aliphatic heterocycles. The topological polar surface area (TPSA) is 279 Å². The maximum Gasteiger partial charge on any atom is 0.296 e. The Hall–Kier alpha value is -5.70. The van der Waals surface area contributed by atoms with E-state index in [4.69, 9.17) is 15.6 Å². The Balaban J connectivity index is 1.43. The van der Waals surface area contributed by atoms with E-state index < -0.39 is 53.5 Å². The first-order chi connectivity index (χ1) is 23.7. The number of phenolic OH excluding ortho intramolecular Hbond substituents is 1. The van der Waals surface area contributed by atoms with Crippen LogP contribution in [0.4, 0.5) is 39.8 Å². The molecule has 19 heteroatoms. The first kappa shape index (κ1) is 35.6. The van der Waals surface area contributed by atoms with Crippen LogP contribution in [-0.4, -0.2) is 48.4 Å². The molecular formula is C31H27N7O10S2. The van der Waals surface area contributed by atoms with Gasteiger partial charge >= 0.3 is 0 Å². The number of ether oxygens (including phenoxy) is 1. The van der Waals surface area contributed by atoms with Crippen LogP contribution in [0, 0.1) is 0 Å². The van der Waals surface area contributed by atoms with Crippen LogP contribution in [0.3, 0.4) is 0 Å². The van der Waals surface area contributed by atoms with Crippen molar-refractivity contribution in [3.8, 4) is 11.5 Å². The normalized spacial score (nSPS) is 12.5. The van der Waals surface area contributed by atoms with E-state index in [1.165, 1.54) is 19.2 Å². The molecule has 0 saturated heterocycles. The average Bonchev–Trinajstić information content (AvgIpc) is 3.09. The summed E-state index contributed by atoms with van der Waals surface area (Å²) in [6, 6.07) is 19.2. The lowest BCUT2D eigenvalue weighted by Crippen LogP contribution is -2.08. The standard InChI is InChI=1S/C31H27N7O10S2/c1-48-26-13-24(37-35-21-8-6-20(7-9-21)34-33-19-4-2-17(15-39)3-5-19)18(16-40)12-25(26)38-36-23-11-10-22-27(49(42,43)44)14-28(50(45,46)47)30(32)29(22)31(23)41/h2-14,39-41H,15-16,32H2,1H3,(H,42,43,44)(H,45,46,47). The van der Waals surface area contributed by atoms with Gasteiger partial charge < -0.3 is 25.8 Å². The zero-order chi connectivity index (χ0) is 36.2. The number of benzene rings is 5. The molecule has 5 aromatic rings. The number of azo groups is 3. The van der Waals surface area contributed by atoms with Gasteiger partial charge in [0.05, 0.1) is 54.1 Å². The molecule has 7 N–H and O–H groups in total. The molecule has 258 valence electrons. The van der Waals surface area contributed by atoms with Crippen molar-refractivity contribution in [2.75, 3.05) is 12.8 Å². The molecule has 5 aromatic carbocycles. The van der Waals surface area contributed by atoms with Crippen LogP contribution in [-0.2, 0) is 33.5 Å². The first-order valence-corrected chi connectivity index (χ1v) is 17.0. The minimum Gasteiger partial charge on any atom is -0.505 e. The summed E-state index contributed by atoms with van der Waals surface area (Å²) in [4.78, 5) is -2.00. The molecule has 0 bridgehead atoms. The van der Waals surface area contributed by atoms with Crippen molar-refractivity contribution in [1.82, 2.24) is 0 Å². The molecule has 0 atom stereocenters. The van der Waals surface area contributed by atoms with Gasteiger partial charge in [-0.25, -0.2) is 0 Å². The van der Waals surface area contributed by atoms with E-state index in [1.54, 1.807) is 48.5 Å². The van der Waals surface area contributed by atoms with Gasteiger partial charge in [-0.3, -0.25) is 9.11 Å². The Morgan fingerprint density at radius 2 is 1.16 bits per heavy atom. The predicted molar refractivity (Wildman–Crippen MR) is 180 cm³/mol. The summed E-state index contributed by atoms with van der Waals surface area (Å²) in [5.74, 6) is -0.681. The van der Waals surface area contributed by atoms with E-state index in [1.807, 2.05) is 0 Å². The molecule has 0 heterocycles. The maximum absolute atomic E-state index is 12.0. The Bertz CT molecular complexity index is 2400. The highest BCUT2D eigenvalue weighted by atomic mass is 32.2. The van der Waals surface area contributed by atoms with Gasteiger partial charge in [0.15, 0.2) is 5.75 Å². The summed E-state index contributed by atoms with van der Waals surface area (Å²) in [5.41, 5.74) is 7.82. The van der Waals surface area contributed by atoms with Gasteiger partial charge in [0.1, 0.15) is 26.9 Å². The van der Waals surface area contributed by atoms with Crippen molar-refractivity contribution in [2.24, 2.45) is 30.7 Å². The zero-order valence-electron chi connectivity index (χ0n) is 25.8. The van der Waals surface area contributed by atoms with Gasteiger partial charge in [0.2, 0.25) is 0 Å². The van der Waals surface area contributed by atoms with Crippen molar-refractivity contribution in [3.63, 3.8) is 0 Å². The molecule has 0 aliphatic carbocycles. The third kappa shape index (κ3) is 7.78. The van der Waals surface area contributed by atoms with E-state index in [-0.39, 0.29) is 40.4 Å². The summed E-state index contributed by atoms with van der Waals surface area (Å²) in [5, 5.41) is 54.0. The number of rotatable bonds is 11. The number of nitrogens with zero attached hydrogens (tertiary/aromatic N) is 6. The van der Waals surface area contributed by atoms with E-state index in [9.17, 15) is 36.2 Å². The minimum atomic E-state index is -5.09. The molecule has 0 fully saturated rings. The SMILES string of the molecule is COc1cc(N=Nc2ccc(N=Nc3ccc(CO)cc3)cc2)c(CO)cc1N=Nc1ccc2c(S(=O)(=O)O)cc(S(=O)(=O)O)c(N)c2c1O. The van der Waals surface area contributed by atoms with Crippen molar-refractivity contribution in [3.05, 3.63) is 90.0 Å². The highest BCUT2D eigenvalue weighted by Gasteiger charge is 2.26. The number of phenols is 1. The summed E-state index contributed by atoms with van der Waals surface area (Å²) in [6.07, 6.45) is 0. The molecular weight excluding hydrogens is 695 g/mol. The Labute approximate surface area is 284 Å². The smallest absolute Gasteiger partial charge is 0.296 e. The molecule has 5 rings (SSSR count). The summed E-state index contributed by atoms with van der Waals surface area (Å²) in [6.45, 7) is -0.560. The van der Waals surface area contributed by atoms with Gasteiger partial charge in [-0.05, 0) is 60.2 Å². The van der Waals surface area contributed by atoms with Crippen LogP contribution < -0.4 is 10.5 Å². The average molecular weight is 722 g/mol. The lowest BCUT2D eigenvalue weighted by Gasteiger charge is -2.13. The van der Waals surface area contributed by atoms with Gasteiger partial charge in [0, 0.05) is 17.0 Å². The van der Waals surface area contributed by atoms with E-state index in [0.29, 0.717) is 23.1 Å². The van der Waals surface area contributed by atoms with Gasteiger partial charge in [-0.15, -0.1) is 10.2 Å². The number of aliphatic hydroxyl groups is 2. The lowest BCUT2D eigenvalue weighted by molar-refractivity contribution is 0.281. The highest BCUT2D eigenvalue weighted by Crippen LogP contribution is 2.44. The van der Waals surface area contributed by atoms with E-state index >= 15 is 0 Å².